The number of nitrogens with zero attached hydrogens (tertiary/aromatic N) is 3. The lowest BCUT2D eigenvalue weighted by atomic mass is 10.3. The van der Waals surface area contributed by atoms with E-state index < -0.39 is 9.84 Å². The standard InChI is InChI=1S/C21H15ClN4O2S2/c22-13-5-3-7-15(11-13)30(27,28)19-18-21(25-17-9-2-1-8-16(17)24-18)26(20(19)23)12-14-6-4-10-29-14/h1-11H,12,23H2. The van der Waals surface area contributed by atoms with Crippen molar-refractivity contribution in [3.05, 3.63) is 75.9 Å². The van der Waals surface area contributed by atoms with Gasteiger partial charge in [-0.25, -0.2) is 18.4 Å². The molecule has 0 unspecified atom stereocenters. The summed E-state index contributed by atoms with van der Waals surface area (Å²) in [5.41, 5.74) is 8.38. The Balaban J connectivity index is 1.85. The lowest BCUT2D eigenvalue weighted by Crippen LogP contribution is -2.08. The Bertz CT molecular complexity index is 1510. The lowest BCUT2D eigenvalue weighted by Gasteiger charge is -2.07. The SMILES string of the molecule is Nc1c(S(=O)(=O)c2cccc(Cl)c2)c2nc3ccccc3nc2n1Cc1cccs1. The van der Waals surface area contributed by atoms with E-state index in [1.165, 1.54) is 12.1 Å². The van der Waals surface area contributed by atoms with Crippen LogP contribution in [0.5, 0.6) is 0 Å². The van der Waals surface area contributed by atoms with E-state index in [4.69, 9.17) is 22.3 Å². The Hall–Kier alpha value is -2.94. The van der Waals surface area contributed by atoms with Crippen molar-refractivity contribution < 1.29 is 8.42 Å². The molecule has 9 heteroatoms. The third kappa shape index (κ3) is 3.04. The molecule has 2 aromatic carbocycles. The molecular formula is C21H15ClN4O2S2. The molecule has 0 spiro atoms. The summed E-state index contributed by atoms with van der Waals surface area (Å²) < 4.78 is 28.8. The summed E-state index contributed by atoms with van der Waals surface area (Å²) in [6, 6.07) is 17.4. The van der Waals surface area contributed by atoms with Gasteiger partial charge in [0.15, 0.2) is 5.65 Å². The van der Waals surface area contributed by atoms with Gasteiger partial charge in [-0.2, -0.15) is 0 Å². The Kier molecular flexibility index (Phi) is 4.50. The van der Waals surface area contributed by atoms with Gasteiger partial charge in [0.25, 0.3) is 0 Å². The van der Waals surface area contributed by atoms with Crippen LogP contribution in [-0.4, -0.2) is 23.0 Å². The quantitative estimate of drug-likeness (QED) is 0.422. The highest BCUT2D eigenvalue weighted by Gasteiger charge is 2.30. The molecule has 0 aliphatic heterocycles. The first kappa shape index (κ1) is 19.0. The summed E-state index contributed by atoms with van der Waals surface area (Å²) in [4.78, 5) is 10.4. The summed E-state index contributed by atoms with van der Waals surface area (Å²) in [6.07, 6.45) is 0. The number of anilines is 1. The van der Waals surface area contributed by atoms with Crippen LogP contribution >= 0.6 is 22.9 Å². The fourth-order valence-corrected chi connectivity index (χ4v) is 5.92. The van der Waals surface area contributed by atoms with Crippen molar-refractivity contribution in [1.29, 1.82) is 0 Å². The third-order valence-electron chi connectivity index (χ3n) is 4.82. The van der Waals surface area contributed by atoms with Crippen LogP contribution in [0.4, 0.5) is 5.82 Å². The van der Waals surface area contributed by atoms with Gasteiger partial charge in [0, 0.05) is 9.90 Å². The van der Waals surface area contributed by atoms with Gasteiger partial charge in [0.1, 0.15) is 16.2 Å². The van der Waals surface area contributed by atoms with Gasteiger partial charge in [0.2, 0.25) is 9.84 Å². The molecule has 0 atom stereocenters. The smallest absolute Gasteiger partial charge is 0.212 e. The summed E-state index contributed by atoms with van der Waals surface area (Å²) in [5.74, 6) is 0.105. The predicted octanol–water partition coefficient (Wildman–Crippen LogP) is 4.76. The maximum Gasteiger partial charge on any atom is 0.212 e. The van der Waals surface area contributed by atoms with Crippen LogP contribution in [-0.2, 0) is 16.4 Å². The second-order valence-electron chi connectivity index (χ2n) is 6.73. The zero-order chi connectivity index (χ0) is 20.9. The molecule has 30 heavy (non-hydrogen) atoms. The number of nitrogen functional groups attached to an aromatic ring is 1. The topological polar surface area (TPSA) is 90.9 Å². The van der Waals surface area contributed by atoms with Crippen LogP contribution in [0.15, 0.2) is 75.8 Å². The van der Waals surface area contributed by atoms with E-state index in [9.17, 15) is 8.42 Å². The fourth-order valence-electron chi connectivity index (χ4n) is 3.42. The summed E-state index contributed by atoms with van der Waals surface area (Å²) >= 11 is 7.61. The predicted molar refractivity (Wildman–Crippen MR) is 120 cm³/mol. The number of benzene rings is 2. The molecule has 0 amide bonds. The molecule has 6 nitrogen and oxygen atoms in total. The maximum absolute atomic E-state index is 13.6. The van der Waals surface area contributed by atoms with Crippen molar-refractivity contribution >= 4 is 60.8 Å². The number of thiophene rings is 1. The molecule has 5 rings (SSSR count). The number of halogens is 1. The van der Waals surface area contributed by atoms with Crippen LogP contribution < -0.4 is 5.73 Å². The van der Waals surface area contributed by atoms with Gasteiger partial charge in [-0.1, -0.05) is 35.9 Å². The second kappa shape index (κ2) is 7.09. The molecule has 0 aliphatic carbocycles. The average molecular weight is 455 g/mol. The summed E-state index contributed by atoms with van der Waals surface area (Å²) in [7, 11) is -3.97. The van der Waals surface area contributed by atoms with Crippen LogP contribution in [0.3, 0.4) is 0 Å². The van der Waals surface area contributed by atoms with Crippen molar-refractivity contribution in [2.45, 2.75) is 16.3 Å². The maximum atomic E-state index is 13.6. The first-order valence-corrected chi connectivity index (χ1v) is 11.8. The number of hydrogen-bond acceptors (Lipinski definition) is 6. The zero-order valence-corrected chi connectivity index (χ0v) is 17.9. The van der Waals surface area contributed by atoms with Crippen LogP contribution in [0.2, 0.25) is 5.02 Å². The van der Waals surface area contributed by atoms with Gasteiger partial charge >= 0.3 is 0 Å². The van der Waals surface area contributed by atoms with Crippen molar-refractivity contribution in [1.82, 2.24) is 14.5 Å². The molecule has 2 N–H and O–H groups in total. The van der Waals surface area contributed by atoms with E-state index in [-0.39, 0.29) is 21.1 Å². The number of sulfone groups is 1. The molecular weight excluding hydrogens is 440 g/mol. The Morgan fingerprint density at radius 1 is 1.00 bits per heavy atom. The molecule has 0 bridgehead atoms. The molecule has 0 fully saturated rings. The van der Waals surface area contributed by atoms with Crippen LogP contribution in [0.25, 0.3) is 22.2 Å². The average Bonchev–Trinajstić information content (AvgIpc) is 3.33. The van der Waals surface area contributed by atoms with Gasteiger partial charge < -0.3 is 10.3 Å². The van der Waals surface area contributed by atoms with Crippen molar-refractivity contribution in [3.63, 3.8) is 0 Å². The first-order chi connectivity index (χ1) is 14.4. The Morgan fingerprint density at radius 3 is 2.47 bits per heavy atom. The normalized spacial score (nSPS) is 12.0. The largest absolute Gasteiger partial charge is 0.384 e. The zero-order valence-electron chi connectivity index (χ0n) is 15.5. The second-order valence-corrected chi connectivity index (χ2v) is 10.1. The summed E-state index contributed by atoms with van der Waals surface area (Å²) in [5, 5.41) is 2.29. The van der Waals surface area contributed by atoms with Crippen molar-refractivity contribution in [2.75, 3.05) is 5.73 Å². The number of hydrogen-bond donors (Lipinski definition) is 1. The molecule has 0 aliphatic rings. The minimum Gasteiger partial charge on any atom is -0.384 e. The minimum atomic E-state index is -3.97. The van der Waals surface area contributed by atoms with Gasteiger partial charge in [-0.05, 0) is 41.8 Å². The van der Waals surface area contributed by atoms with Crippen molar-refractivity contribution in [3.8, 4) is 0 Å². The molecule has 3 aromatic heterocycles. The van der Waals surface area contributed by atoms with E-state index in [2.05, 4.69) is 4.98 Å². The minimum absolute atomic E-state index is 0.0467. The van der Waals surface area contributed by atoms with Gasteiger partial charge in [0.05, 0.1) is 22.5 Å². The number of rotatable bonds is 4. The number of fused-ring (bicyclic) bond motifs is 2. The van der Waals surface area contributed by atoms with E-state index >= 15 is 0 Å². The molecule has 5 aromatic rings. The summed E-state index contributed by atoms with van der Waals surface area (Å²) in [6.45, 7) is 0.401. The van der Waals surface area contributed by atoms with E-state index in [0.29, 0.717) is 28.2 Å². The van der Waals surface area contributed by atoms with Crippen molar-refractivity contribution in [2.24, 2.45) is 0 Å². The highest BCUT2D eigenvalue weighted by molar-refractivity contribution is 7.92. The molecule has 0 saturated carbocycles. The molecule has 0 radical (unpaired) electrons. The highest BCUT2D eigenvalue weighted by atomic mass is 35.5. The molecule has 3 heterocycles. The Morgan fingerprint density at radius 2 is 1.77 bits per heavy atom. The lowest BCUT2D eigenvalue weighted by molar-refractivity contribution is 0.597. The molecule has 150 valence electrons. The van der Waals surface area contributed by atoms with Gasteiger partial charge in [-0.15, -0.1) is 11.3 Å². The first-order valence-electron chi connectivity index (χ1n) is 9.02. The molecule has 0 saturated heterocycles. The Labute approximate surface area is 181 Å². The van der Waals surface area contributed by atoms with E-state index in [0.717, 1.165) is 4.88 Å². The van der Waals surface area contributed by atoms with Crippen LogP contribution in [0.1, 0.15) is 4.88 Å². The monoisotopic (exact) mass is 454 g/mol. The van der Waals surface area contributed by atoms with Gasteiger partial charge in [-0.3, -0.25) is 0 Å². The van der Waals surface area contributed by atoms with E-state index in [1.807, 2.05) is 35.7 Å². The number of para-hydroxylation sites is 2. The highest BCUT2D eigenvalue weighted by Crippen LogP contribution is 2.36. The van der Waals surface area contributed by atoms with Crippen LogP contribution in [0, 0.1) is 0 Å². The van der Waals surface area contributed by atoms with E-state index in [1.54, 1.807) is 34.1 Å². The third-order valence-corrected chi connectivity index (χ3v) is 7.73. The number of nitrogens with two attached hydrogens (primary N) is 1. The fraction of sp³-hybridized carbons (Fsp3) is 0.0476. The number of aromatic nitrogens is 3.